The summed E-state index contributed by atoms with van der Waals surface area (Å²) in [5.74, 6) is -0.379. The number of anilines is 1. The van der Waals surface area contributed by atoms with Gasteiger partial charge in [0, 0.05) is 5.69 Å². The number of carbonyl (C=O) groups excluding carboxylic acids is 1. The molecule has 0 aromatic heterocycles. The Morgan fingerprint density at radius 1 is 1.16 bits per heavy atom. The van der Waals surface area contributed by atoms with Gasteiger partial charge in [0.2, 0.25) is 0 Å². The second-order valence-electron chi connectivity index (χ2n) is 4.87. The van der Waals surface area contributed by atoms with Crippen molar-refractivity contribution in [1.29, 1.82) is 0 Å². The van der Waals surface area contributed by atoms with Gasteiger partial charge in [-0.15, -0.1) is 0 Å². The van der Waals surface area contributed by atoms with Crippen LogP contribution in [0.3, 0.4) is 0 Å². The molecule has 0 bridgehead atoms. The lowest BCUT2D eigenvalue weighted by molar-refractivity contribution is -0.123. The van der Waals surface area contributed by atoms with E-state index in [1.165, 1.54) is 29.2 Å². The second kappa shape index (κ2) is 4.52. The Kier molecular flexibility index (Phi) is 2.84. The molecular formula is C16H15NO2. The molecule has 1 aliphatic carbocycles. The Labute approximate surface area is 111 Å². The van der Waals surface area contributed by atoms with Crippen LogP contribution in [0.4, 0.5) is 5.69 Å². The highest BCUT2D eigenvalue weighted by Gasteiger charge is 2.18. The van der Waals surface area contributed by atoms with E-state index in [9.17, 15) is 9.90 Å². The van der Waals surface area contributed by atoms with Gasteiger partial charge in [-0.3, -0.25) is 4.79 Å². The summed E-state index contributed by atoms with van der Waals surface area (Å²) in [5, 5.41) is 11.9. The van der Waals surface area contributed by atoms with E-state index in [4.69, 9.17) is 0 Å². The molecule has 19 heavy (non-hydrogen) atoms. The van der Waals surface area contributed by atoms with Crippen molar-refractivity contribution in [2.75, 3.05) is 5.32 Å². The summed E-state index contributed by atoms with van der Waals surface area (Å²) >= 11 is 0. The van der Waals surface area contributed by atoms with E-state index in [-0.39, 0.29) is 5.91 Å². The van der Waals surface area contributed by atoms with Gasteiger partial charge in [0.25, 0.3) is 5.91 Å². The van der Waals surface area contributed by atoms with E-state index < -0.39 is 6.10 Å². The molecule has 0 saturated carbocycles. The molecule has 1 amide bonds. The van der Waals surface area contributed by atoms with Crippen LogP contribution < -0.4 is 5.32 Å². The number of hydrogen-bond donors (Lipinski definition) is 2. The minimum Gasteiger partial charge on any atom is -0.384 e. The van der Waals surface area contributed by atoms with Crippen LogP contribution in [0.1, 0.15) is 18.1 Å². The van der Waals surface area contributed by atoms with Crippen LogP contribution in [0, 0.1) is 0 Å². The van der Waals surface area contributed by atoms with E-state index >= 15 is 0 Å². The fourth-order valence-electron chi connectivity index (χ4n) is 2.47. The maximum absolute atomic E-state index is 11.5. The lowest BCUT2D eigenvalue weighted by Crippen LogP contribution is -2.24. The van der Waals surface area contributed by atoms with Gasteiger partial charge >= 0.3 is 0 Å². The summed E-state index contributed by atoms with van der Waals surface area (Å²) in [4.78, 5) is 11.5. The molecule has 1 atom stereocenters. The van der Waals surface area contributed by atoms with E-state index in [2.05, 4.69) is 17.4 Å². The number of carbonyl (C=O) groups is 1. The van der Waals surface area contributed by atoms with Crippen molar-refractivity contribution in [2.45, 2.75) is 19.4 Å². The number of rotatable bonds is 2. The monoisotopic (exact) mass is 253 g/mol. The van der Waals surface area contributed by atoms with Crippen molar-refractivity contribution in [3.8, 4) is 11.1 Å². The normalized spacial score (nSPS) is 13.6. The zero-order chi connectivity index (χ0) is 13.4. The van der Waals surface area contributed by atoms with Gasteiger partial charge in [-0.1, -0.05) is 30.3 Å². The Balaban J connectivity index is 1.91. The van der Waals surface area contributed by atoms with E-state index in [0.29, 0.717) is 0 Å². The van der Waals surface area contributed by atoms with Gasteiger partial charge in [-0.25, -0.2) is 0 Å². The molecule has 3 nitrogen and oxygen atoms in total. The molecule has 0 heterocycles. The molecule has 0 spiro atoms. The molecule has 0 saturated heterocycles. The third-order valence-electron chi connectivity index (χ3n) is 3.44. The molecule has 0 aliphatic heterocycles. The summed E-state index contributed by atoms with van der Waals surface area (Å²) in [6.07, 6.45) is -0.102. The number of benzene rings is 2. The summed E-state index contributed by atoms with van der Waals surface area (Å²) in [6, 6.07) is 14.2. The fraction of sp³-hybridized carbons (Fsp3) is 0.188. The maximum Gasteiger partial charge on any atom is 0.252 e. The number of hydrogen-bond acceptors (Lipinski definition) is 2. The van der Waals surface area contributed by atoms with Crippen LogP contribution in [0.5, 0.6) is 0 Å². The highest BCUT2D eigenvalue weighted by molar-refractivity contribution is 5.94. The van der Waals surface area contributed by atoms with Gasteiger partial charge < -0.3 is 10.4 Å². The van der Waals surface area contributed by atoms with Crippen molar-refractivity contribution in [1.82, 2.24) is 0 Å². The van der Waals surface area contributed by atoms with Crippen molar-refractivity contribution < 1.29 is 9.90 Å². The third-order valence-corrected chi connectivity index (χ3v) is 3.44. The zero-order valence-electron chi connectivity index (χ0n) is 10.7. The van der Waals surface area contributed by atoms with Gasteiger partial charge in [0.15, 0.2) is 0 Å². The first-order valence-corrected chi connectivity index (χ1v) is 6.35. The minimum atomic E-state index is -0.995. The quantitative estimate of drug-likeness (QED) is 0.737. The average Bonchev–Trinajstić information content (AvgIpc) is 2.76. The number of nitrogens with one attached hydrogen (secondary N) is 1. The van der Waals surface area contributed by atoms with E-state index in [0.717, 1.165) is 12.1 Å². The molecule has 0 fully saturated rings. The SMILES string of the molecule is CC(O)C(=O)Nc1ccc2c(c1)Cc1ccccc1-2. The van der Waals surface area contributed by atoms with Crippen LogP contribution in [-0.4, -0.2) is 17.1 Å². The van der Waals surface area contributed by atoms with Gasteiger partial charge in [-0.2, -0.15) is 0 Å². The Morgan fingerprint density at radius 2 is 1.89 bits per heavy atom. The number of aliphatic hydroxyl groups excluding tert-OH is 1. The van der Waals surface area contributed by atoms with E-state index in [1.807, 2.05) is 30.3 Å². The first-order chi connectivity index (χ1) is 9.15. The molecule has 3 heteroatoms. The van der Waals surface area contributed by atoms with Gasteiger partial charge in [-0.05, 0) is 47.7 Å². The summed E-state index contributed by atoms with van der Waals surface area (Å²) in [5.41, 5.74) is 5.76. The molecule has 1 aliphatic rings. The highest BCUT2D eigenvalue weighted by Crippen LogP contribution is 2.37. The second-order valence-corrected chi connectivity index (χ2v) is 4.87. The molecule has 2 aromatic rings. The predicted octanol–water partition coefficient (Wildman–Crippen LogP) is 2.58. The zero-order valence-corrected chi connectivity index (χ0v) is 10.7. The Bertz CT molecular complexity index is 647. The molecule has 96 valence electrons. The Hall–Kier alpha value is -2.13. The maximum atomic E-state index is 11.5. The highest BCUT2D eigenvalue weighted by atomic mass is 16.3. The van der Waals surface area contributed by atoms with Crippen molar-refractivity contribution in [2.24, 2.45) is 0 Å². The molecule has 0 radical (unpaired) electrons. The number of aliphatic hydroxyl groups is 1. The van der Waals surface area contributed by atoms with Crippen LogP contribution in [-0.2, 0) is 11.2 Å². The van der Waals surface area contributed by atoms with Gasteiger partial charge in [0.1, 0.15) is 6.10 Å². The number of fused-ring (bicyclic) bond motifs is 3. The summed E-state index contributed by atoms with van der Waals surface area (Å²) in [7, 11) is 0. The van der Waals surface area contributed by atoms with Crippen molar-refractivity contribution in [3.05, 3.63) is 53.6 Å². The van der Waals surface area contributed by atoms with Crippen molar-refractivity contribution in [3.63, 3.8) is 0 Å². The summed E-state index contributed by atoms with van der Waals surface area (Å²) in [6.45, 7) is 1.46. The largest absolute Gasteiger partial charge is 0.384 e. The first kappa shape index (κ1) is 11.9. The standard InChI is InChI=1S/C16H15NO2/c1-10(18)16(19)17-13-6-7-15-12(9-13)8-11-4-2-3-5-14(11)15/h2-7,9-10,18H,8H2,1H3,(H,17,19). The smallest absolute Gasteiger partial charge is 0.252 e. The molecule has 1 unspecified atom stereocenters. The topological polar surface area (TPSA) is 49.3 Å². The average molecular weight is 253 g/mol. The molecule has 2 aromatic carbocycles. The van der Waals surface area contributed by atoms with Crippen LogP contribution in [0.2, 0.25) is 0 Å². The van der Waals surface area contributed by atoms with E-state index in [1.54, 1.807) is 0 Å². The van der Waals surface area contributed by atoms with Crippen LogP contribution in [0.15, 0.2) is 42.5 Å². The number of amides is 1. The fourth-order valence-corrected chi connectivity index (χ4v) is 2.47. The summed E-state index contributed by atoms with van der Waals surface area (Å²) < 4.78 is 0. The lowest BCUT2D eigenvalue weighted by Gasteiger charge is -2.09. The predicted molar refractivity (Wildman–Crippen MR) is 75.0 cm³/mol. The molecule has 2 N–H and O–H groups in total. The molecule has 3 rings (SSSR count). The van der Waals surface area contributed by atoms with Gasteiger partial charge in [0.05, 0.1) is 0 Å². The third kappa shape index (κ3) is 2.13. The van der Waals surface area contributed by atoms with Crippen LogP contribution >= 0.6 is 0 Å². The van der Waals surface area contributed by atoms with Crippen LogP contribution in [0.25, 0.3) is 11.1 Å². The van der Waals surface area contributed by atoms with Crippen molar-refractivity contribution >= 4 is 11.6 Å². The Morgan fingerprint density at radius 3 is 2.68 bits per heavy atom. The minimum absolute atomic E-state index is 0.379. The molecular weight excluding hydrogens is 238 g/mol. The lowest BCUT2D eigenvalue weighted by atomic mass is 10.1. The first-order valence-electron chi connectivity index (χ1n) is 6.35.